The number of carbonyl (C=O) groups is 1. The SMILES string of the molecule is C[C@@H](Oc1ccc(N(C)S(C)(=O)=O)cc1)C(=O)NCCOc1ccc(Cl)cc1. The van der Waals surface area contributed by atoms with E-state index in [0.29, 0.717) is 35.4 Å². The first kappa shape index (κ1) is 21.8. The Morgan fingerprint density at radius 1 is 1.11 bits per heavy atom. The molecule has 0 saturated carbocycles. The zero-order valence-electron chi connectivity index (χ0n) is 15.9. The van der Waals surface area contributed by atoms with Crippen molar-refractivity contribution in [2.24, 2.45) is 0 Å². The Balaban J connectivity index is 1.77. The molecule has 0 saturated heterocycles. The van der Waals surface area contributed by atoms with Gasteiger partial charge in [-0.3, -0.25) is 9.10 Å². The maximum atomic E-state index is 12.1. The van der Waals surface area contributed by atoms with Gasteiger partial charge in [-0.15, -0.1) is 0 Å². The van der Waals surface area contributed by atoms with E-state index in [0.717, 1.165) is 10.6 Å². The molecule has 152 valence electrons. The Hall–Kier alpha value is -2.45. The van der Waals surface area contributed by atoms with E-state index in [9.17, 15) is 13.2 Å². The van der Waals surface area contributed by atoms with Crippen LogP contribution in [0.4, 0.5) is 5.69 Å². The number of anilines is 1. The van der Waals surface area contributed by atoms with Gasteiger partial charge >= 0.3 is 0 Å². The van der Waals surface area contributed by atoms with Crippen molar-refractivity contribution in [3.05, 3.63) is 53.6 Å². The van der Waals surface area contributed by atoms with Gasteiger partial charge in [-0.1, -0.05) is 11.6 Å². The largest absolute Gasteiger partial charge is 0.492 e. The van der Waals surface area contributed by atoms with Crippen molar-refractivity contribution in [2.45, 2.75) is 13.0 Å². The first-order chi connectivity index (χ1) is 13.2. The second-order valence-electron chi connectivity index (χ2n) is 6.08. The van der Waals surface area contributed by atoms with Gasteiger partial charge in [0.1, 0.15) is 18.1 Å². The summed E-state index contributed by atoms with van der Waals surface area (Å²) in [7, 11) is -1.86. The van der Waals surface area contributed by atoms with Crippen LogP contribution < -0.4 is 19.1 Å². The van der Waals surface area contributed by atoms with Crippen LogP contribution in [0.2, 0.25) is 5.02 Å². The Kier molecular flexibility index (Phi) is 7.53. The number of nitrogens with zero attached hydrogens (tertiary/aromatic N) is 1. The van der Waals surface area contributed by atoms with Gasteiger partial charge in [-0.25, -0.2) is 8.42 Å². The van der Waals surface area contributed by atoms with E-state index in [1.54, 1.807) is 55.5 Å². The molecule has 0 aliphatic rings. The third-order valence-electron chi connectivity index (χ3n) is 3.86. The molecule has 1 atom stereocenters. The molecular formula is C19H23ClN2O5S. The lowest BCUT2D eigenvalue weighted by Gasteiger charge is -2.18. The molecule has 0 fully saturated rings. The van der Waals surface area contributed by atoms with E-state index in [4.69, 9.17) is 21.1 Å². The summed E-state index contributed by atoms with van der Waals surface area (Å²) < 4.78 is 35.3. The first-order valence-corrected chi connectivity index (χ1v) is 10.8. The van der Waals surface area contributed by atoms with Crippen molar-refractivity contribution in [3.63, 3.8) is 0 Å². The van der Waals surface area contributed by atoms with Crippen molar-refractivity contribution in [2.75, 3.05) is 30.8 Å². The summed E-state index contributed by atoms with van der Waals surface area (Å²) in [5.41, 5.74) is 0.506. The minimum atomic E-state index is -3.33. The van der Waals surface area contributed by atoms with Gasteiger partial charge in [-0.2, -0.15) is 0 Å². The summed E-state index contributed by atoms with van der Waals surface area (Å²) >= 11 is 5.80. The molecule has 2 aromatic carbocycles. The fourth-order valence-electron chi connectivity index (χ4n) is 2.20. The number of hydrogen-bond acceptors (Lipinski definition) is 5. The lowest BCUT2D eigenvalue weighted by atomic mass is 10.3. The first-order valence-electron chi connectivity index (χ1n) is 8.53. The van der Waals surface area contributed by atoms with Gasteiger partial charge in [0.15, 0.2) is 6.10 Å². The quantitative estimate of drug-likeness (QED) is 0.623. The molecule has 0 radical (unpaired) electrons. The normalized spacial score (nSPS) is 12.1. The summed E-state index contributed by atoms with van der Waals surface area (Å²) in [6, 6.07) is 13.4. The fraction of sp³-hybridized carbons (Fsp3) is 0.316. The van der Waals surface area contributed by atoms with Crippen molar-refractivity contribution >= 4 is 33.2 Å². The van der Waals surface area contributed by atoms with Crippen LogP contribution in [0.1, 0.15) is 6.92 Å². The Morgan fingerprint density at radius 3 is 2.25 bits per heavy atom. The van der Waals surface area contributed by atoms with Crippen molar-refractivity contribution in [1.82, 2.24) is 5.32 Å². The lowest BCUT2D eigenvalue weighted by molar-refractivity contribution is -0.127. The lowest BCUT2D eigenvalue weighted by Crippen LogP contribution is -2.38. The molecule has 28 heavy (non-hydrogen) atoms. The third kappa shape index (κ3) is 6.61. The van der Waals surface area contributed by atoms with Gasteiger partial charge in [0, 0.05) is 12.1 Å². The van der Waals surface area contributed by atoms with Crippen molar-refractivity contribution < 1.29 is 22.7 Å². The molecule has 0 aliphatic carbocycles. The highest BCUT2D eigenvalue weighted by Gasteiger charge is 2.15. The van der Waals surface area contributed by atoms with Crippen LogP contribution in [-0.4, -0.2) is 46.9 Å². The van der Waals surface area contributed by atoms with Crippen LogP contribution in [0.25, 0.3) is 0 Å². The predicted octanol–water partition coefficient (Wildman–Crippen LogP) is 2.70. The van der Waals surface area contributed by atoms with Crippen LogP contribution in [-0.2, 0) is 14.8 Å². The van der Waals surface area contributed by atoms with Crippen LogP contribution in [0.3, 0.4) is 0 Å². The molecular weight excluding hydrogens is 404 g/mol. The number of ether oxygens (including phenoxy) is 2. The summed E-state index contributed by atoms with van der Waals surface area (Å²) in [4.78, 5) is 12.1. The van der Waals surface area contributed by atoms with E-state index >= 15 is 0 Å². The molecule has 0 spiro atoms. The number of carbonyl (C=O) groups excluding carboxylic acids is 1. The number of rotatable bonds is 9. The second kappa shape index (κ2) is 9.66. The summed E-state index contributed by atoms with van der Waals surface area (Å²) in [6.07, 6.45) is 0.412. The maximum absolute atomic E-state index is 12.1. The molecule has 9 heteroatoms. The molecule has 2 rings (SSSR count). The van der Waals surface area contributed by atoms with E-state index < -0.39 is 16.1 Å². The molecule has 1 N–H and O–H groups in total. The van der Waals surface area contributed by atoms with Crippen LogP contribution in [0, 0.1) is 0 Å². The molecule has 2 aromatic rings. The van der Waals surface area contributed by atoms with Crippen LogP contribution in [0.15, 0.2) is 48.5 Å². The maximum Gasteiger partial charge on any atom is 0.260 e. The highest BCUT2D eigenvalue weighted by molar-refractivity contribution is 7.92. The summed E-state index contributed by atoms with van der Waals surface area (Å²) in [6.45, 7) is 2.27. The summed E-state index contributed by atoms with van der Waals surface area (Å²) in [5.74, 6) is 0.852. The monoisotopic (exact) mass is 426 g/mol. The molecule has 0 unspecified atom stereocenters. The van der Waals surface area contributed by atoms with Gasteiger partial charge in [-0.05, 0) is 55.5 Å². The smallest absolute Gasteiger partial charge is 0.260 e. The van der Waals surface area contributed by atoms with Crippen LogP contribution in [0.5, 0.6) is 11.5 Å². The molecule has 1 amide bonds. The Morgan fingerprint density at radius 2 is 1.68 bits per heavy atom. The number of halogens is 1. The minimum Gasteiger partial charge on any atom is -0.492 e. The van der Waals surface area contributed by atoms with Gasteiger partial charge in [0.25, 0.3) is 5.91 Å². The number of sulfonamides is 1. The van der Waals surface area contributed by atoms with Crippen LogP contribution >= 0.6 is 11.6 Å². The van der Waals surface area contributed by atoms with Gasteiger partial charge in [0.05, 0.1) is 18.5 Å². The highest BCUT2D eigenvalue weighted by atomic mass is 35.5. The predicted molar refractivity (Wildman–Crippen MR) is 110 cm³/mol. The standard InChI is InChI=1S/C19H23ClN2O5S/c1-14(19(23)21-12-13-26-17-8-4-15(20)5-9-17)27-18-10-6-16(7-11-18)22(2)28(3,24)25/h4-11,14H,12-13H2,1-3H3,(H,21,23)/t14-/m1/s1. The zero-order chi connectivity index (χ0) is 20.7. The number of nitrogens with one attached hydrogen (secondary N) is 1. The topological polar surface area (TPSA) is 84.9 Å². The van der Waals surface area contributed by atoms with Gasteiger partial charge < -0.3 is 14.8 Å². The average Bonchev–Trinajstić information content (AvgIpc) is 2.65. The summed E-state index contributed by atoms with van der Waals surface area (Å²) in [5, 5.41) is 3.36. The Bertz CT molecular complexity index is 886. The Labute approximate surface area is 170 Å². The molecule has 0 bridgehead atoms. The van der Waals surface area contributed by atoms with E-state index in [1.807, 2.05) is 0 Å². The number of amides is 1. The fourth-order valence-corrected chi connectivity index (χ4v) is 2.83. The second-order valence-corrected chi connectivity index (χ2v) is 8.53. The van der Waals surface area contributed by atoms with Crippen molar-refractivity contribution in [1.29, 1.82) is 0 Å². The minimum absolute atomic E-state index is 0.281. The third-order valence-corrected chi connectivity index (χ3v) is 5.32. The number of hydrogen-bond donors (Lipinski definition) is 1. The van der Waals surface area contributed by atoms with Gasteiger partial charge in [0.2, 0.25) is 10.0 Å². The van der Waals surface area contributed by atoms with E-state index in [1.165, 1.54) is 7.05 Å². The zero-order valence-corrected chi connectivity index (χ0v) is 17.5. The van der Waals surface area contributed by atoms with E-state index in [2.05, 4.69) is 5.32 Å². The molecule has 7 nitrogen and oxygen atoms in total. The number of benzene rings is 2. The van der Waals surface area contributed by atoms with Crippen molar-refractivity contribution in [3.8, 4) is 11.5 Å². The molecule has 0 heterocycles. The average molecular weight is 427 g/mol. The van der Waals surface area contributed by atoms with E-state index in [-0.39, 0.29) is 5.91 Å². The molecule has 0 aromatic heterocycles. The highest BCUT2D eigenvalue weighted by Crippen LogP contribution is 2.21. The molecule has 0 aliphatic heterocycles.